The fourth-order valence-electron chi connectivity index (χ4n) is 5.92. The van der Waals surface area contributed by atoms with E-state index in [1.54, 1.807) is 26.4 Å². The highest BCUT2D eigenvalue weighted by molar-refractivity contribution is 7.92. The van der Waals surface area contributed by atoms with Crippen LogP contribution in [0.15, 0.2) is 125 Å². The number of benzene rings is 4. The highest BCUT2D eigenvalue weighted by Gasteiger charge is 2.42. The number of methoxy groups -OCH3 is 2. The second kappa shape index (κ2) is 14.2. The van der Waals surface area contributed by atoms with Gasteiger partial charge in [-0.2, -0.15) is 4.98 Å². The molecule has 11 nitrogen and oxygen atoms in total. The van der Waals surface area contributed by atoms with E-state index in [1.807, 2.05) is 85.8 Å². The quantitative estimate of drug-likeness (QED) is 0.174. The van der Waals surface area contributed by atoms with Gasteiger partial charge in [0.25, 0.3) is 10.0 Å². The van der Waals surface area contributed by atoms with E-state index >= 15 is 0 Å². The molecule has 0 amide bonds. The number of aromatic nitrogens is 2. The lowest BCUT2D eigenvalue weighted by molar-refractivity contribution is -0.0944. The van der Waals surface area contributed by atoms with Crippen LogP contribution >= 0.6 is 0 Å². The third-order valence-corrected chi connectivity index (χ3v) is 9.92. The molecular formula is C37H37N3O8S. The summed E-state index contributed by atoms with van der Waals surface area (Å²) in [4.78, 5) is 17.1. The van der Waals surface area contributed by atoms with Crippen molar-refractivity contribution in [1.29, 1.82) is 0 Å². The number of hydrogen-bond acceptors (Lipinski definition) is 9. The Morgan fingerprint density at radius 2 is 1.43 bits per heavy atom. The van der Waals surface area contributed by atoms with Crippen LogP contribution in [-0.2, 0) is 25.1 Å². The zero-order valence-electron chi connectivity index (χ0n) is 27.2. The first-order chi connectivity index (χ1) is 23.6. The van der Waals surface area contributed by atoms with Crippen molar-refractivity contribution >= 4 is 15.8 Å². The standard InChI is InChI=1S/C37H37N3O8S/c1-25-9-19-31(20-10-25)49(43,44)39-34-21-22-40(36(42)38-34)35-23-32(41)33(48-35)24-47-37(26-7-5-4-6-8-26,27-11-15-29(45-2)16-12-27)28-13-17-30(46-3)18-14-28/h4-22,32-33,35,41H,23-24H2,1-3H3,(H,38,39,42)/t32-,33+,35+/m0/s1. The molecule has 1 saturated heterocycles. The van der Waals surface area contributed by atoms with Crippen LogP contribution in [0.4, 0.5) is 5.82 Å². The van der Waals surface area contributed by atoms with E-state index in [4.69, 9.17) is 18.9 Å². The Morgan fingerprint density at radius 3 is 1.98 bits per heavy atom. The first-order valence-corrected chi connectivity index (χ1v) is 17.1. The molecule has 49 heavy (non-hydrogen) atoms. The van der Waals surface area contributed by atoms with Crippen molar-refractivity contribution in [1.82, 2.24) is 9.55 Å². The van der Waals surface area contributed by atoms with E-state index in [-0.39, 0.29) is 23.7 Å². The number of ether oxygens (including phenoxy) is 4. The van der Waals surface area contributed by atoms with Gasteiger partial charge in [-0.25, -0.2) is 13.2 Å². The lowest BCUT2D eigenvalue weighted by Gasteiger charge is -2.37. The predicted octanol–water partition coefficient (Wildman–Crippen LogP) is 5.03. The summed E-state index contributed by atoms with van der Waals surface area (Å²) < 4.78 is 53.2. The number of aryl methyl sites for hydroxylation is 1. The summed E-state index contributed by atoms with van der Waals surface area (Å²) in [5.41, 5.74) is 1.52. The van der Waals surface area contributed by atoms with Gasteiger partial charge in [0.15, 0.2) is 0 Å². The number of aliphatic hydroxyl groups is 1. The van der Waals surface area contributed by atoms with Gasteiger partial charge >= 0.3 is 5.69 Å². The smallest absolute Gasteiger partial charge is 0.351 e. The van der Waals surface area contributed by atoms with Crippen LogP contribution in [0.3, 0.4) is 0 Å². The topological polar surface area (TPSA) is 138 Å². The summed E-state index contributed by atoms with van der Waals surface area (Å²) in [5, 5.41) is 11.1. The lowest BCUT2D eigenvalue weighted by Crippen LogP contribution is -2.38. The normalized spacial score (nSPS) is 17.8. The molecule has 1 aliphatic heterocycles. The number of anilines is 1. The van der Waals surface area contributed by atoms with Gasteiger partial charge in [-0.05, 0) is 66.1 Å². The van der Waals surface area contributed by atoms with E-state index in [1.165, 1.54) is 29.0 Å². The van der Waals surface area contributed by atoms with E-state index in [0.29, 0.717) is 11.5 Å². The van der Waals surface area contributed by atoms with Crippen LogP contribution in [0.5, 0.6) is 11.5 Å². The molecule has 6 rings (SSSR count). The van der Waals surface area contributed by atoms with Gasteiger partial charge in [-0.15, -0.1) is 0 Å². The predicted molar refractivity (Wildman–Crippen MR) is 183 cm³/mol. The maximum Gasteiger partial charge on any atom is 0.351 e. The van der Waals surface area contributed by atoms with Gasteiger partial charge in [0, 0.05) is 12.6 Å². The minimum atomic E-state index is -3.96. The van der Waals surface area contributed by atoms with Crippen molar-refractivity contribution in [2.45, 2.75) is 42.3 Å². The highest BCUT2D eigenvalue weighted by Crippen LogP contribution is 2.42. The van der Waals surface area contributed by atoms with E-state index in [9.17, 15) is 18.3 Å². The Morgan fingerprint density at radius 1 is 0.857 bits per heavy atom. The fraction of sp³-hybridized carbons (Fsp3) is 0.243. The van der Waals surface area contributed by atoms with Crippen molar-refractivity contribution in [2.75, 3.05) is 25.5 Å². The van der Waals surface area contributed by atoms with Crippen molar-refractivity contribution in [3.05, 3.63) is 148 Å². The van der Waals surface area contributed by atoms with Crippen molar-refractivity contribution in [3.8, 4) is 11.5 Å². The molecule has 1 aromatic heterocycles. The molecular weight excluding hydrogens is 646 g/mol. The molecule has 3 atom stereocenters. The summed E-state index contributed by atoms with van der Waals surface area (Å²) in [5.74, 6) is 1.24. The molecule has 1 fully saturated rings. The van der Waals surface area contributed by atoms with Gasteiger partial charge in [0.1, 0.15) is 35.2 Å². The lowest BCUT2D eigenvalue weighted by atomic mass is 9.80. The number of nitrogens with one attached hydrogen (secondary N) is 1. The van der Waals surface area contributed by atoms with E-state index in [2.05, 4.69) is 9.71 Å². The maximum absolute atomic E-state index is 13.1. The fourth-order valence-corrected chi connectivity index (χ4v) is 6.92. The number of aliphatic hydroxyl groups excluding tert-OH is 1. The minimum Gasteiger partial charge on any atom is -0.497 e. The largest absolute Gasteiger partial charge is 0.497 e. The molecule has 0 radical (unpaired) electrons. The molecule has 0 saturated carbocycles. The molecule has 1 aliphatic rings. The number of hydrogen-bond donors (Lipinski definition) is 2. The number of rotatable bonds is 12. The summed E-state index contributed by atoms with van der Waals surface area (Å²) in [7, 11) is -0.749. The van der Waals surface area contributed by atoms with Crippen molar-refractivity contribution in [3.63, 3.8) is 0 Å². The third-order valence-electron chi connectivity index (χ3n) is 8.55. The van der Waals surface area contributed by atoms with Gasteiger partial charge < -0.3 is 24.1 Å². The van der Waals surface area contributed by atoms with Crippen LogP contribution in [0.2, 0.25) is 0 Å². The summed E-state index contributed by atoms with van der Waals surface area (Å²) in [6.07, 6.45) is -1.16. The van der Waals surface area contributed by atoms with Gasteiger partial charge in [0.05, 0.1) is 31.8 Å². The minimum absolute atomic E-state index is 0.0404. The summed E-state index contributed by atoms with van der Waals surface area (Å²) >= 11 is 0. The molecule has 0 aliphatic carbocycles. The first kappa shape index (κ1) is 33.9. The molecule has 254 valence electrons. The van der Waals surface area contributed by atoms with Crippen molar-refractivity contribution < 1.29 is 32.5 Å². The molecule has 0 bridgehead atoms. The SMILES string of the molecule is COc1ccc(C(OC[C@H]2O[C@@H](n3ccc(NS(=O)(=O)c4ccc(C)cc4)nc3=O)C[C@@H]2O)(c2ccccc2)c2ccc(OC)cc2)cc1. The molecule has 0 spiro atoms. The molecule has 5 aromatic rings. The number of sulfonamides is 1. The van der Waals surface area contributed by atoms with Crippen molar-refractivity contribution in [2.24, 2.45) is 0 Å². The zero-order valence-corrected chi connectivity index (χ0v) is 28.0. The van der Waals surface area contributed by atoms with Crippen LogP contribution in [0, 0.1) is 6.92 Å². The van der Waals surface area contributed by atoms with Crippen LogP contribution in [-0.4, -0.2) is 56.1 Å². The highest BCUT2D eigenvalue weighted by atomic mass is 32.2. The van der Waals surface area contributed by atoms with Crippen LogP contribution < -0.4 is 19.9 Å². The second-order valence-electron chi connectivity index (χ2n) is 11.7. The van der Waals surface area contributed by atoms with Crippen LogP contribution in [0.1, 0.15) is 34.9 Å². The molecule has 2 N–H and O–H groups in total. The average Bonchev–Trinajstić information content (AvgIpc) is 3.49. The molecule has 4 aromatic carbocycles. The van der Waals surface area contributed by atoms with E-state index in [0.717, 1.165) is 22.3 Å². The zero-order chi connectivity index (χ0) is 34.6. The Bertz CT molecular complexity index is 1990. The molecule has 0 unspecified atom stereocenters. The molecule has 2 heterocycles. The summed E-state index contributed by atoms with van der Waals surface area (Å²) in [6, 6.07) is 32.6. The van der Waals surface area contributed by atoms with Gasteiger partial charge in [-0.3, -0.25) is 9.29 Å². The molecule has 12 heteroatoms. The Kier molecular flexibility index (Phi) is 9.84. The monoisotopic (exact) mass is 683 g/mol. The Hall–Kier alpha value is -5.01. The van der Waals surface area contributed by atoms with E-state index < -0.39 is 39.7 Å². The first-order valence-electron chi connectivity index (χ1n) is 15.6. The second-order valence-corrected chi connectivity index (χ2v) is 13.4. The average molecular weight is 684 g/mol. The number of nitrogens with zero attached hydrogens (tertiary/aromatic N) is 2. The Balaban J connectivity index is 1.26. The van der Waals surface area contributed by atoms with Gasteiger partial charge in [-0.1, -0.05) is 72.3 Å². The van der Waals surface area contributed by atoms with Gasteiger partial charge in [0.2, 0.25) is 0 Å². The van der Waals surface area contributed by atoms with Crippen LogP contribution in [0.25, 0.3) is 0 Å². The maximum atomic E-state index is 13.1. The Labute approximate surface area is 284 Å². The third kappa shape index (κ3) is 7.08. The summed E-state index contributed by atoms with van der Waals surface area (Å²) in [6.45, 7) is 1.81.